The smallest absolute Gasteiger partial charge is 0.405 e. The van der Waals surface area contributed by atoms with Crippen molar-refractivity contribution in [3.05, 3.63) is 131 Å². The normalized spacial score (nSPS) is 17.9. The van der Waals surface area contributed by atoms with Crippen molar-refractivity contribution in [2.24, 2.45) is 0 Å². The van der Waals surface area contributed by atoms with Gasteiger partial charge in [0, 0.05) is 25.6 Å². The van der Waals surface area contributed by atoms with E-state index in [-0.39, 0.29) is 16.9 Å². The number of carbonyl (C=O) groups excluding carboxylic acids is 1. The summed E-state index contributed by atoms with van der Waals surface area (Å²) in [6.45, 7) is 2.13. The number of carboxylic acid groups (broad SMARTS) is 1. The lowest BCUT2D eigenvalue weighted by Crippen LogP contribution is -2.53. The van der Waals surface area contributed by atoms with E-state index >= 15 is 4.39 Å². The molecule has 1 saturated carbocycles. The van der Waals surface area contributed by atoms with E-state index < -0.39 is 35.9 Å². The number of anilines is 1. The summed E-state index contributed by atoms with van der Waals surface area (Å²) < 4.78 is 21.9. The minimum Gasteiger partial charge on any atom is -0.465 e. The molecule has 2 atom stereocenters. The van der Waals surface area contributed by atoms with Crippen LogP contribution in [0.1, 0.15) is 53.9 Å². The minimum atomic E-state index is -1.37. The molecule has 2 heterocycles. The van der Waals surface area contributed by atoms with Gasteiger partial charge >= 0.3 is 6.09 Å². The Morgan fingerprint density at radius 3 is 2.19 bits per heavy atom. The van der Waals surface area contributed by atoms with E-state index in [0.717, 1.165) is 56.1 Å². The first-order valence-corrected chi connectivity index (χ1v) is 15.9. The molecule has 6 rings (SSSR count). The largest absolute Gasteiger partial charge is 0.465 e. The molecular formula is C38H37FN4O4. The number of rotatable bonds is 8. The molecule has 0 unspecified atom stereocenters. The number of carbonyl (C=O) groups is 2. The van der Waals surface area contributed by atoms with Crippen molar-refractivity contribution >= 4 is 17.7 Å². The standard InChI is InChI=1S/C38H37FN4O4/c39-32-22-40-23-33(41-36(44)35(42-37(45)46)34(28-14-6-2-7-15-28)29-16-8-3-9-17-29)31(32)19-18-30-25-43(24-27-12-4-1-5-13-27)26-38(47-30)20-10-11-21-38/h1-9,12-17,22-23,30,34-35,42H,10-11,20-21,24-26H2,(H,41,44)(H,45,46)/t30-,35+/m1/s1. The number of hydrogen-bond acceptors (Lipinski definition) is 5. The highest BCUT2D eigenvalue weighted by Gasteiger charge is 2.42. The van der Waals surface area contributed by atoms with Crippen molar-refractivity contribution in [2.75, 3.05) is 18.4 Å². The quantitative estimate of drug-likeness (QED) is 0.200. The SMILES string of the molecule is O=C(O)N[C@H](C(=O)Nc1cncc(F)c1C#C[C@@H]1CN(Cc2ccccc2)CC2(CCCC2)O1)C(c1ccccc1)c1ccccc1. The van der Waals surface area contributed by atoms with Gasteiger partial charge in [0.15, 0.2) is 5.82 Å². The van der Waals surface area contributed by atoms with Crippen LogP contribution in [0.5, 0.6) is 0 Å². The van der Waals surface area contributed by atoms with Crippen LogP contribution in [0.3, 0.4) is 0 Å². The Kier molecular flexibility index (Phi) is 9.91. The molecule has 47 heavy (non-hydrogen) atoms. The second-order valence-corrected chi connectivity index (χ2v) is 12.2. The number of halogens is 1. The average molecular weight is 633 g/mol. The van der Waals surface area contributed by atoms with Gasteiger partial charge in [-0.15, -0.1) is 0 Å². The molecule has 3 N–H and O–H groups in total. The van der Waals surface area contributed by atoms with E-state index in [1.807, 2.05) is 78.9 Å². The lowest BCUT2D eigenvalue weighted by Gasteiger charge is -2.43. The number of nitrogens with zero attached hydrogens (tertiary/aromatic N) is 2. The van der Waals surface area contributed by atoms with Gasteiger partial charge in [0.1, 0.15) is 12.1 Å². The van der Waals surface area contributed by atoms with E-state index in [2.05, 4.69) is 44.5 Å². The number of pyridine rings is 1. The van der Waals surface area contributed by atoms with Gasteiger partial charge in [-0.2, -0.15) is 0 Å². The molecule has 3 aromatic carbocycles. The van der Waals surface area contributed by atoms with E-state index in [1.54, 1.807) is 0 Å². The Balaban J connectivity index is 1.28. The fourth-order valence-corrected chi connectivity index (χ4v) is 6.77. The van der Waals surface area contributed by atoms with E-state index in [9.17, 15) is 14.7 Å². The lowest BCUT2D eigenvalue weighted by molar-refractivity contribution is -0.133. The third kappa shape index (κ3) is 7.86. The van der Waals surface area contributed by atoms with E-state index in [0.29, 0.717) is 6.54 Å². The predicted octanol–water partition coefficient (Wildman–Crippen LogP) is 6.19. The number of amides is 2. The molecule has 2 fully saturated rings. The molecule has 1 aliphatic carbocycles. The van der Waals surface area contributed by atoms with Crippen molar-refractivity contribution in [2.45, 2.75) is 55.9 Å². The van der Waals surface area contributed by atoms with Crippen LogP contribution < -0.4 is 10.6 Å². The van der Waals surface area contributed by atoms with Gasteiger partial charge in [-0.25, -0.2) is 9.18 Å². The topological polar surface area (TPSA) is 104 Å². The van der Waals surface area contributed by atoms with Crippen LogP contribution in [0.15, 0.2) is 103 Å². The minimum absolute atomic E-state index is 0.0392. The molecule has 1 saturated heterocycles. The molecule has 2 aliphatic rings. The molecule has 240 valence electrons. The van der Waals surface area contributed by atoms with Gasteiger partial charge in [0.25, 0.3) is 0 Å². The fraction of sp³-hybridized carbons (Fsp3) is 0.289. The molecule has 8 nitrogen and oxygen atoms in total. The van der Waals surface area contributed by atoms with Gasteiger partial charge in [-0.1, -0.05) is 116 Å². The number of hydrogen-bond donors (Lipinski definition) is 3. The Morgan fingerprint density at radius 1 is 0.957 bits per heavy atom. The van der Waals surface area contributed by atoms with Gasteiger partial charge in [0.2, 0.25) is 5.91 Å². The highest BCUT2D eigenvalue weighted by Crippen LogP contribution is 2.38. The maximum absolute atomic E-state index is 15.3. The molecule has 2 amide bonds. The van der Waals surface area contributed by atoms with Crippen molar-refractivity contribution in [3.8, 4) is 11.8 Å². The Hall–Kier alpha value is -5.04. The molecule has 4 aromatic rings. The van der Waals surface area contributed by atoms with Crippen LogP contribution in [-0.2, 0) is 16.1 Å². The van der Waals surface area contributed by atoms with Crippen molar-refractivity contribution < 1.29 is 23.8 Å². The summed E-state index contributed by atoms with van der Waals surface area (Å²) in [5, 5.41) is 14.9. The highest BCUT2D eigenvalue weighted by molar-refractivity contribution is 5.98. The number of ether oxygens (including phenoxy) is 1. The maximum Gasteiger partial charge on any atom is 0.405 e. The molecule has 0 bridgehead atoms. The fourth-order valence-electron chi connectivity index (χ4n) is 6.77. The second kappa shape index (κ2) is 14.6. The third-order valence-electron chi connectivity index (χ3n) is 8.82. The van der Waals surface area contributed by atoms with E-state index in [1.165, 1.54) is 11.8 Å². The summed E-state index contributed by atoms with van der Waals surface area (Å²) in [5.74, 6) is 4.06. The van der Waals surface area contributed by atoms with Crippen LogP contribution in [0.25, 0.3) is 0 Å². The molecular weight excluding hydrogens is 595 g/mol. The Bertz CT molecular complexity index is 1700. The zero-order valence-corrected chi connectivity index (χ0v) is 25.9. The molecule has 0 radical (unpaired) electrons. The zero-order chi connectivity index (χ0) is 32.6. The summed E-state index contributed by atoms with van der Waals surface area (Å²) in [6.07, 6.45) is 4.61. The van der Waals surface area contributed by atoms with Gasteiger partial charge < -0.3 is 20.5 Å². The molecule has 9 heteroatoms. The first-order valence-electron chi connectivity index (χ1n) is 15.9. The number of benzene rings is 3. The number of morpholine rings is 1. The van der Waals surface area contributed by atoms with Crippen LogP contribution in [0.2, 0.25) is 0 Å². The number of nitrogens with one attached hydrogen (secondary N) is 2. The summed E-state index contributed by atoms with van der Waals surface area (Å²) in [7, 11) is 0. The van der Waals surface area contributed by atoms with Crippen molar-refractivity contribution in [3.63, 3.8) is 0 Å². The second-order valence-electron chi connectivity index (χ2n) is 12.2. The summed E-state index contributed by atoms with van der Waals surface area (Å²) >= 11 is 0. The average Bonchev–Trinajstić information content (AvgIpc) is 3.52. The predicted molar refractivity (Wildman–Crippen MR) is 177 cm³/mol. The lowest BCUT2D eigenvalue weighted by atomic mass is 9.84. The first-order chi connectivity index (χ1) is 22.9. The van der Waals surface area contributed by atoms with Crippen LogP contribution in [0, 0.1) is 17.7 Å². The summed E-state index contributed by atoms with van der Waals surface area (Å²) in [6, 6.07) is 27.4. The Labute approximate surface area is 274 Å². The third-order valence-corrected chi connectivity index (χ3v) is 8.82. The van der Waals surface area contributed by atoms with Gasteiger partial charge in [-0.3, -0.25) is 14.7 Å². The molecule has 1 spiro atoms. The maximum atomic E-state index is 15.3. The van der Waals surface area contributed by atoms with Crippen molar-refractivity contribution in [1.29, 1.82) is 0 Å². The van der Waals surface area contributed by atoms with Crippen LogP contribution in [-0.4, -0.2) is 57.8 Å². The first kappa shape index (κ1) is 31.9. The molecule has 1 aromatic heterocycles. The highest BCUT2D eigenvalue weighted by atomic mass is 19.1. The monoisotopic (exact) mass is 632 g/mol. The van der Waals surface area contributed by atoms with Gasteiger partial charge in [0.05, 0.1) is 29.2 Å². The summed E-state index contributed by atoms with van der Waals surface area (Å²) in [4.78, 5) is 32.2. The zero-order valence-electron chi connectivity index (χ0n) is 25.9. The van der Waals surface area contributed by atoms with Gasteiger partial charge in [-0.05, 0) is 29.5 Å². The summed E-state index contributed by atoms with van der Waals surface area (Å²) in [5.41, 5.74) is 2.39. The van der Waals surface area contributed by atoms with E-state index in [4.69, 9.17) is 4.74 Å². The van der Waals surface area contributed by atoms with Crippen LogP contribution >= 0.6 is 0 Å². The molecule has 1 aliphatic heterocycles. The van der Waals surface area contributed by atoms with Crippen LogP contribution in [0.4, 0.5) is 14.9 Å². The Morgan fingerprint density at radius 2 is 1.57 bits per heavy atom. The number of aromatic nitrogens is 1. The van der Waals surface area contributed by atoms with Crippen molar-refractivity contribution in [1.82, 2.24) is 15.2 Å².